The second-order valence-corrected chi connectivity index (χ2v) is 9.26. The van der Waals surface area contributed by atoms with Gasteiger partial charge in [-0.2, -0.15) is 0 Å². The highest BCUT2D eigenvalue weighted by Crippen LogP contribution is 2.25. The van der Waals surface area contributed by atoms with Crippen molar-refractivity contribution in [2.24, 2.45) is 0 Å². The quantitative estimate of drug-likeness (QED) is 0.465. The number of aromatic nitrogens is 1. The van der Waals surface area contributed by atoms with Crippen molar-refractivity contribution in [2.75, 3.05) is 19.5 Å². The molecule has 0 unspecified atom stereocenters. The van der Waals surface area contributed by atoms with Crippen LogP contribution in [0.4, 0.5) is 5.69 Å². The molecule has 0 radical (unpaired) electrons. The second-order valence-electron chi connectivity index (χ2n) is 7.40. The fourth-order valence-electron chi connectivity index (χ4n) is 3.20. The van der Waals surface area contributed by atoms with E-state index >= 15 is 0 Å². The van der Waals surface area contributed by atoms with Crippen LogP contribution in [0.5, 0.6) is 5.75 Å². The highest BCUT2D eigenvalue weighted by atomic mass is 79.9. The average molecular weight is 488 g/mol. The Morgan fingerprint density at radius 2 is 2.00 bits per heavy atom. The van der Waals surface area contributed by atoms with Gasteiger partial charge in [0.05, 0.1) is 19.2 Å². The van der Waals surface area contributed by atoms with Crippen LogP contribution in [0.3, 0.4) is 0 Å². The molecule has 3 aromatic rings. The minimum Gasteiger partial charge on any atom is -0.496 e. The van der Waals surface area contributed by atoms with Crippen LogP contribution in [0.2, 0.25) is 0 Å². The van der Waals surface area contributed by atoms with Crippen molar-refractivity contribution in [1.82, 2.24) is 9.88 Å². The van der Waals surface area contributed by atoms with Crippen LogP contribution >= 0.6 is 27.3 Å². The maximum Gasteiger partial charge on any atom is 0.231 e. The van der Waals surface area contributed by atoms with Gasteiger partial charge < -0.3 is 10.1 Å². The van der Waals surface area contributed by atoms with Crippen LogP contribution < -0.4 is 10.1 Å². The molecule has 0 aliphatic carbocycles. The highest BCUT2D eigenvalue weighted by Gasteiger charge is 2.12. The van der Waals surface area contributed by atoms with E-state index in [-0.39, 0.29) is 12.3 Å². The fraction of sp³-hybridized carbons (Fsp3) is 0.304. The summed E-state index contributed by atoms with van der Waals surface area (Å²) in [5, 5.41) is 5.84. The molecule has 0 spiro atoms. The van der Waals surface area contributed by atoms with Gasteiger partial charge in [-0.05, 0) is 56.3 Å². The maximum atomic E-state index is 12.4. The number of anilines is 1. The number of ether oxygens (including phenoxy) is 1. The molecule has 0 saturated heterocycles. The van der Waals surface area contributed by atoms with Gasteiger partial charge >= 0.3 is 0 Å². The molecule has 7 heteroatoms. The van der Waals surface area contributed by atoms with Gasteiger partial charge in [-0.15, -0.1) is 11.3 Å². The second kappa shape index (κ2) is 10.2. The molecule has 1 heterocycles. The lowest BCUT2D eigenvalue weighted by molar-refractivity contribution is -0.115. The van der Waals surface area contributed by atoms with E-state index in [1.807, 2.05) is 56.6 Å². The summed E-state index contributed by atoms with van der Waals surface area (Å²) in [5.41, 5.74) is 5.11. The largest absolute Gasteiger partial charge is 0.496 e. The smallest absolute Gasteiger partial charge is 0.231 e. The molecule has 0 bridgehead atoms. The minimum atomic E-state index is -0.0446. The predicted molar refractivity (Wildman–Crippen MR) is 126 cm³/mol. The number of amides is 1. The first-order valence-corrected chi connectivity index (χ1v) is 11.3. The average Bonchev–Trinajstić information content (AvgIpc) is 3.11. The predicted octanol–water partition coefficient (Wildman–Crippen LogP) is 5.34. The third-order valence-corrected chi connectivity index (χ3v) is 6.08. The van der Waals surface area contributed by atoms with E-state index in [4.69, 9.17) is 4.74 Å². The number of benzene rings is 2. The molecule has 0 atom stereocenters. The van der Waals surface area contributed by atoms with Crippen LogP contribution in [0.1, 0.15) is 27.4 Å². The third kappa shape index (κ3) is 6.14. The molecule has 3 rings (SSSR count). The maximum absolute atomic E-state index is 12.4. The Morgan fingerprint density at radius 3 is 2.77 bits per heavy atom. The number of nitrogens with zero attached hydrogens (tertiary/aromatic N) is 2. The van der Waals surface area contributed by atoms with Gasteiger partial charge in [0.25, 0.3) is 0 Å². The molecule has 1 N–H and O–H groups in total. The number of methoxy groups -OCH3 is 1. The van der Waals surface area contributed by atoms with Gasteiger partial charge in [0.2, 0.25) is 5.91 Å². The van der Waals surface area contributed by atoms with E-state index in [1.54, 1.807) is 7.11 Å². The number of rotatable bonds is 8. The van der Waals surface area contributed by atoms with Gasteiger partial charge in [0.15, 0.2) is 0 Å². The molecule has 0 fully saturated rings. The van der Waals surface area contributed by atoms with E-state index in [0.29, 0.717) is 6.54 Å². The van der Waals surface area contributed by atoms with Crippen molar-refractivity contribution < 1.29 is 9.53 Å². The Kier molecular flexibility index (Phi) is 7.64. The molecule has 1 aromatic heterocycles. The van der Waals surface area contributed by atoms with Crippen molar-refractivity contribution in [2.45, 2.75) is 33.4 Å². The summed E-state index contributed by atoms with van der Waals surface area (Å²) in [6.07, 6.45) is 0.279. The Balaban J connectivity index is 1.57. The molecule has 0 saturated carbocycles. The number of hydrogen-bond acceptors (Lipinski definition) is 5. The highest BCUT2D eigenvalue weighted by molar-refractivity contribution is 9.10. The van der Waals surface area contributed by atoms with Crippen molar-refractivity contribution in [3.63, 3.8) is 0 Å². The Hall–Kier alpha value is -2.22. The van der Waals surface area contributed by atoms with Crippen LogP contribution in [-0.4, -0.2) is 29.9 Å². The summed E-state index contributed by atoms with van der Waals surface area (Å²) in [6, 6.07) is 12.0. The molecule has 0 aliphatic rings. The number of carbonyl (C=O) groups is 1. The molecule has 30 heavy (non-hydrogen) atoms. The normalized spacial score (nSPS) is 11.0. The van der Waals surface area contributed by atoms with E-state index in [2.05, 4.69) is 37.2 Å². The van der Waals surface area contributed by atoms with Crippen molar-refractivity contribution in [1.29, 1.82) is 0 Å². The van der Waals surface area contributed by atoms with Gasteiger partial charge in [0.1, 0.15) is 10.8 Å². The number of hydrogen-bond donors (Lipinski definition) is 1. The summed E-state index contributed by atoms with van der Waals surface area (Å²) in [5.74, 6) is 0.823. The minimum absolute atomic E-state index is 0.0446. The number of nitrogens with one attached hydrogen (secondary N) is 1. The van der Waals surface area contributed by atoms with Crippen LogP contribution in [-0.2, 0) is 24.3 Å². The molecular weight excluding hydrogens is 462 g/mol. The first kappa shape index (κ1) is 22.5. The van der Waals surface area contributed by atoms with Crippen LogP contribution in [0.15, 0.2) is 46.3 Å². The standard InChI is InChI=1S/C23H26BrN3O2S/c1-15-5-6-16(2)20(9-15)26-22(28)11-23-25-19(14-30-23)13-27(3)12-17-10-18(24)7-8-21(17)29-4/h5-10,14H,11-13H2,1-4H3,(H,26,28). The number of thiazole rings is 1. The van der Waals surface area contributed by atoms with Gasteiger partial charge in [-0.25, -0.2) is 4.98 Å². The summed E-state index contributed by atoms with van der Waals surface area (Å²) >= 11 is 5.04. The molecule has 5 nitrogen and oxygen atoms in total. The van der Waals surface area contributed by atoms with Crippen molar-refractivity contribution >= 4 is 38.9 Å². The summed E-state index contributed by atoms with van der Waals surface area (Å²) < 4.78 is 6.48. The van der Waals surface area contributed by atoms with E-state index in [9.17, 15) is 4.79 Å². The van der Waals surface area contributed by atoms with E-state index < -0.39 is 0 Å². The van der Waals surface area contributed by atoms with Crippen molar-refractivity contribution in [3.8, 4) is 5.75 Å². The van der Waals surface area contributed by atoms with Gasteiger partial charge in [-0.1, -0.05) is 28.1 Å². The third-order valence-electron chi connectivity index (χ3n) is 4.69. The SMILES string of the molecule is COc1ccc(Br)cc1CN(C)Cc1csc(CC(=O)Nc2cc(C)ccc2C)n1. The van der Waals surface area contributed by atoms with Gasteiger partial charge in [0, 0.05) is 34.2 Å². The zero-order valence-corrected chi connectivity index (χ0v) is 20.1. The summed E-state index contributed by atoms with van der Waals surface area (Å²) in [7, 11) is 3.73. The zero-order chi connectivity index (χ0) is 21.7. The molecule has 2 aromatic carbocycles. The first-order valence-electron chi connectivity index (χ1n) is 9.65. The molecule has 0 aliphatic heterocycles. The van der Waals surface area contributed by atoms with Gasteiger partial charge in [-0.3, -0.25) is 9.69 Å². The van der Waals surface area contributed by atoms with Crippen molar-refractivity contribution in [3.05, 3.63) is 73.6 Å². The Bertz CT molecular complexity index is 1040. The summed E-state index contributed by atoms with van der Waals surface area (Å²) in [4.78, 5) is 19.3. The Labute approximate surface area is 190 Å². The Morgan fingerprint density at radius 1 is 1.20 bits per heavy atom. The number of aryl methyl sites for hydroxylation is 2. The molecule has 1 amide bonds. The monoisotopic (exact) mass is 487 g/mol. The van der Waals surface area contributed by atoms with E-state index in [0.717, 1.165) is 49.8 Å². The van der Waals surface area contributed by atoms with Crippen LogP contribution in [0, 0.1) is 13.8 Å². The number of halogens is 1. The first-order chi connectivity index (χ1) is 14.3. The fourth-order valence-corrected chi connectivity index (χ4v) is 4.39. The number of carbonyl (C=O) groups excluding carboxylic acids is 1. The topological polar surface area (TPSA) is 54.5 Å². The van der Waals surface area contributed by atoms with Crippen LogP contribution in [0.25, 0.3) is 0 Å². The summed E-state index contributed by atoms with van der Waals surface area (Å²) in [6.45, 7) is 5.45. The lowest BCUT2D eigenvalue weighted by atomic mass is 10.1. The zero-order valence-electron chi connectivity index (χ0n) is 17.7. The molecular formula is C23H26BrN3O2S. The lowest BCUT2D eigenvalue weighted by Crippen LogP contribution is -2.18. The van der Waals surface area contributed by atoms with E-state index in [1.165, 1.54) is 11.3 Å². The lowest BCUT2D eigenvalue weighted by Gasteiger charge is -2.17. The molecule has 158 valence electrons.